The number of hydrogen-bond donors (Lipinski definition) is 1. The molecule has 0 aliphatic rings. The molecule has 3 aromatic rings. The van der Waals surface area contributed by atoms with E-state index in [1.54, 1.807) is 11.0 Å². The van der Waals surface area contributed by atoms with Crippen LogP contribution in [0, 0.1) is 13.8 Å². The van der Waals surface area contributed by atoms with Gasteiger partial charge in [0.05, 0.1) is 19.6 Å². The van der Waals surface area contributed by atoms with E-state index in [1.165, 1.54) is 11.9 Å². The molecule has 6 heteroatoms. The van der Waals surface area contributed by atoms with E-state index < -0.39 is 0 Å². The molecular weight excluding hydrogens is 340 g/mol. The summed E-state index contributed by atoms with van der Waals surface area (Å²) in [5.74, 6) is 0.811. The molecule has 140 valence electrons. The van der Waals surface area contributed by atoms with Gasteiger partial charge in [-0.15, -0.1) is 0 Å². The number of aromatic nitrogens is 3. The van der Waals surface area contributed by atoms with Crippen LogP contribution < -0.4 is 10.1 Å². The molecule has 27 heavy (non-hydrogen) atoms. The van der Waals surface area contributed by atoms with Crippen molar-refractivity contribution in [2.45, 2.75) is 33.4 Å². The van der Waals surface area contributed by atoms with Gasteiger partial charge >= 0.3 is 0 Å². The van der Waals surface area contributed by atoms with Gasteiger partial charge in [0.25, 0.3) is 0 Å². The molecule has 0 radical (unpaired) electrons. The van der Waals surface area contributed by atoms with Crippen LogP contribution in [0.1, 0.15) is 28.7 Å². The lowest BCUT2D eigenvalue weighted by Gasteiger charge is -2.11. The van der Waals surface area contributed by atoms with Crippen LogP contribution in [0.2, 0.25) is 0 Å². The topological polar surface area (TPSA) is 69.0 Å². The van der Waals surface area contributed by atoms with Gasteiger partial charge in [-0.1, -0.05) is 36.4 Å². The zero-order valence-corrected chi connectivity index (χ0v) is 15.7. The van der Waals surface area contributed by atoms with Crippen molar-refractivity contribution >= 4 is 5.91 Å². The van der Waals surface area contributed by atoms with E-state index in [9.17, 15) is 4.79 Å². The van der Waals surface area contributed by atoms with E-state index in [0.29, 0.717) is 26.1 Å². The molecule has 6 nitrogen and oxygen atoms in total. The van der Waals surface area contributed by atoms with Gasteiger partial charge in [-0.2, -0.15) is 5.10 Å². The molecule has 1 aromatic heterocycles. The van der Waals surface area contributed by atoms with Crippen LogP contribution in [-0.4, -0.2) is 27.3 Å². The number of carbonyl (C=O) groups excluding carboxylic acids is 1. The van der Waals surface area contributed by atoms with Gasteiger partial charge in [-0.3, -0.25) is 4.79 Å². The third-order valence-electron chi connectivity index (χ3n) is 4.43. The van der Waals surface area contributed by atoms with Crippen molar-refractivity contribution in [3.8, 4) is 5.75 Å². The monoisotopic (exact) mass is 364 g/mol. The molecular formula is C21H24N4O2. The van der Waals surface area contributed by atoms with Gasteiger partial charge < -0.3 is 10.1 Å². The Labute approximate surface area is 159 Å². The fourth-order valence-corrected chi connectivity index (χ4v) is 2.76. The molecule has 0 fully saturated rings. The summed E-state index contributed by atoms with van der Waals surface area (Å²) in [6.45, 7) is 5.59. The minimum Gasteiger partial charge on any atom is -0.493 e. The van der Waals surface area contributed by atoms with Crippen LogP contribution in [0.3, 0.4) is 0 Å². The van der Waals surface area contributed by atoms with Crippen LogP contribution in [0.4, 0.5) is 0 Å². The number of aryl methyl sites for hydroxylation is 1. The smallest absolute Gasteiger partial charge is 0.223 e. The fourth-order valence-electron chi connectivity index (χ4n) is 2.76. The second kappa shape index (κ2) is 8.98. The number of carbonyl (C=O) groups is 1. The lowest BCUT2D eigenvalue weighted by atomic mass is 10.1. The number of benzene rings is 2. The van der Waals surface area contributed by atoms with Crippen molar-refractivity contribution in [1.82, 2.24) is 20.1 Å². The third-order valence-corrected chi connectivity index (χ3v) is 4.43. The first kappa shape index (κ1) is 18.6. The average molecular weight is 364 g/mol. The summed E-state index contributed by atoms with van der Waals surface area (Å²) in [5, 5.41) is 7.05. The Balaban J connectivity index is 1.44. The lowest BCUT2D eigenvalue weighted by Crippen LogP contribution is -2.24. The minimum absolute atomic E-state index is 0.0259. The first-order chi connectivity index (χ1) is 13.1. The van der Waals surface area contributed by atoms with Crippen molar-refractivity contribution in [3.05, 3.63) is 77.4 Å². The van der Waals surface area contributed by atoms with E-state index in [2.05, 4.69) is 21.5 Å². The van der Waals surface area contributed by atoms with Gasteiger partial charge in [-0.25, -0.2) is 9.67 Å². The molecule has 0 unspecified atom stereocenters. The summed E-state index contributed by atoms with van der Waals surface area (Å²) in [5.41, 5.74) is 4.46. The van der Waals surface area contributed by atoms with Crippen molar-refractivity contribution < 1.29 is 9.53 Å². The molecule has 0 saturated carbocycles. The van der Waals surface area contributed by atoms with Gasteiger partial charge in [0.1, 0.15) is 18.4 Å². The maximum absolute atomic E-state index is 12.1. The first-order valence-electron chi connectivity index (χ1n) is 8.98. The number of amides is 1. The van der Waals surface area contributed by atoms with Crippen LogP contribution >= 0.6 is 0 Å². The molecule has 0 bridgehead atoms. The molecule has 0 spiro atoms. The summed E-state index contributed by atoms with van der Waals surface area (Å²) in [7, 11) is 0. The quantitative estimate of drug-likeness (QED) is 0.667. The van der Waals surface area contributed by atoms with Gasteiger partial charge in [-0.05, 0) is 42.2 Å². The van der Waals surface area contributed by atoms with E-state index in [-0.39, 0.29) is 5.91 Å². The summed E-state index contributed by atoms with van der Waals surface area (Å²) >= 11 is 0. The zero-order chi connectivity index (χ0) is 19.1. The van der Waals surface area contributed by atoms with E-state index in [0.717, 1.165) is 22.4 Å². The average Bonchev–Trinajstić information content (AvgIpc) is 3.17. The summed E-state index contributed by atoms with van der Waals surface area (Å²) in [6, 6.07) is 14.0. The minimum atomic E-state index is -0.0259. The summed E-state index contributed by atoms with van der Waals surface area (Å²) in [4.78, 5) is 16.0. The van der Waals surface area contributed by atoms with E-state index in [4.69, 9.17) is 4.74 Å². The maximum atomic E-state index is 12.1. The van der Waals surface area contributed by atoms with Crippen molar-refractivity contribution in [3.63, 3.8) is 0 Å². The van der Waals surface area contributed by atoms with Crippen molar-refractivity contribution in [2.75, 3.05) is 6.61 Å². The highest BCUT2D eigenvalue weighted by atomic mass is 16.5. The van der Waals surface area contributed by atoms with Crippen LogP contribution in [0.15, 0.2) is 55.1 Å². The molecule has 1 heterocycles. The van der Waals surface area contributed by atoms with Crippen molar-refractivity contribution in [2.24, 2.45) is 0 Å². The number of rotatable bonds is 8. The Hall–Kier alpha value is -3.15. The normalized spacial score (nSPS) is 10.6. The second-order valence-corrected chi connectivity index (χ2v) is 6.49. The first-order valence-corrected chi connectivity index (χ1v) is 8.98. The Bertz CT molecular complexity index is 891. The predicted octanol–water partition coefficient (Wildman–Crippen LogP) is 3.03. The Morgan fingerprint density at radius 3 is 2.78 bits per heavy atom. The number of nitrogens with one attached hydrogen (secondary N) is 1. The second-order valence-electron chi connectivity index (χ2n) is 6.49. The lowest BCUT2D eigenvalue weighted by molar-refractivity contribution is -0.121. The van der Waals surface area contributed by atoms with Crippen LogP contribution in [0.25, 0.3) is 0 Å². The Morgan fingerprint density at radius 2 is 1.96 bits per heavy atom. The fraction of sp³-hybridized carbons (Fsp3) is 0.286. The van der Waals surface area contributed by atoms with Crippen LogP contribution in [-0.2, 0) is 17.9 Å². The summed E-state index contributed by atoms with van der Waals surface area (Å²) in [6.07, 6.45) is 3.53. The standard InChI is InChI=1S/C21H24N4O2/c1-16-5-3-8-20(17(16)2)27-10-9-21(26)23-12-18-6-4-7-19(11-18)13-25-15-22-14-24-25/h3-8,11,14-15H,9-10,12-13H2,1-2H3,(H,23,26). The predicted molar refractivity (Wildman–Crippen MR) is 103 cm³/mol. The zero-order valence-electron chi connectivity index (χ0n) is 15.7. The third kappa shape index (κ3) is 5.41. The van der Waals surface area contributed by atoms with Gasteiger partial charge in [0, 0.05) is 6.54 Å². The highest BCUT2D eigenvalue weighted by molar-refractivity contribution is 5.76. The molecule has 0 saturated heterocycles. The molecule has 0 aliphatic heterocycles. The molecule has 3 rings (SSSR count). The SMILES string of the molecule is Cc1cccc(OCCC(=O)NCc2cccc(Cn3cncn3)c2)c1C. The molecule has 1 N–H and O–H groups in total. The Morgan fingerprint density at radius 1 is 1.15 bits per heavy atom. The number of hydrogen-bond acceptors (Lipinski definition) is 4. The molecule has 2 aromatic carbocycles. The molecule has 0 aliphatic carbocycles. The highest BCUT2D eigenvalue weighted by Gasteiger charge is 2.05. The van der Waals surface area contributed by atoms with E-state index in [1.807, 2.05) is 50.2 Å². The van der Waals surface area contributed by atoms with Crippen LogP contribution in [0.5, 0.6) is 5.75 Å². The number of ether oxygens (including phenoxy) is 1. The largest absolute Gasteiger partial charge is 0.493 e. The van der Waals surface area contributed by atoms with Gasteiger partial charge in [0.15, 0.2) is 0 Å². The Kier molecular flexibility index (Phi) is 6.20. The van der Waals surface area contributed by atoms with E-state index >= 15 is 0 Å². The number of nitrogens with zero attached hydrogens (tertiary/aromatic N) is 3. The molecule has 0 atom stereocenters. The maximum Gasteiger partial charge on any atom is 0.223 e. The molecule has 1 amide bonds. The highest BCUT2D eigenvalue weighted by Crippen LogP contribution is 2.20. The van der Waals surface area contributed by atoms with Crippen molar-refractivity contribution in [1.29, 1.82) is 0 Å². The summed E-state index contributed by atoms with van der Waals surface area (Å²) < 4.78 is 7.51. The van der Waals surface area contributed by atoms with Gasteiger partial charge in [0.2, 0.25) is 5.91 Å².